The minimum Gasteiger partial charge on any atom is -0.497 e. The summed E-state index contributed by atoms with van der Waals surface area (Å²) in [6.45, 7) is 2.51. The lowest BCUT2D eigenvalue weighted by molar-refractivity contribution is -0.115. The number of methoxy groups -OCH3 is 1. The second kappa shape index (κ2) is 9.80. The van der Waals surface area contributed by atoms with Gasteiger partial charge in [-0.2, -0.15) is 0 Å². The number of anilines is 1. The van der Waals surface area contributed by atoms with E-state index in [1.54, 1.807) is 18.4 Å². The van der Waals surface area contributed by atoms with E-state index in [0.29, 0.717) is 11.7 Å². The van der Waals surface area contributed by atoms with Gasteiger partial charge < -0.3 is 10.1 Å². The quantitative estimate of drug-likeness (QED) is 0.375. The summed E-state index contributed by atoms with van der Waals surface area (Å²) >= 11 is 3.02. The average molecular weight is 451 g/mol. The molecule has 6 nitrogen and oxygen atoms in total. The van der Waals surface area contributed by atoms with Gasteiger partial charge in [-0.05, 0) is 48.2 Å². The molecule has 8 heteroatoms. The van der Waals surface area contributed by atoms with Crippen molar-refractivity contribution in [1.29, 1.82) is 0 Å². The summed E-state index contributed by atoms with van der Waals surface area (Å²) in [5.41, 5.74) is 1.88. The van der Waals surface area contributed by atoms with Crippen molar-refractivity contribution < 1.29 is 9.53 Å². The third-order valence-electron chi connectivity index (χ3n) is 4.65. The van der Waals surface area contributed by atoms with E-state index in [9.17, 15) is 4.79 Å². The van der Waals surface area contributed by atoms with Crippen molar-refractivity contribution in [3.8, 4) is 16.5 Å². The number of nitrogens with one attached hydrogen (secondary N) is 1. The lowest BCUT2D eigenvalue weighted by Gasteiger charge is -2.14. The highest BCUT2D eigenvalue weighted by Crippen LogP contribution is 2.30. The molecule has 1 amide bonds. The van der Waals surface area contributed by atoms with Gasteiger partial charge in [0.2, 0.25) is 5.91 Å². The standard InChI is InChI=1S/C23H22N4O2S2/c1-16(22(28)24-18-10-12-19(29-2)13-11-18)31-23-26-25-21(20-9-6-14-30-20)27(23)15-17-7-4-3-5-8-17/h3-14,16H,15H2,1-2H3,(H,24,28). The number of carbonyl (C=O) groups excluding carboxylic acids is 1. The lowest BCUT2D eigenvalue weighted by atomic mass is 10.2. The highest BCUT2D eigenvalue weighted by Gasteiger charge is 2.21. The van der Waals surface area contributed by atoms with E-state index in [1.165, 1.54) is 11.8 Å². The molecule has 4 aromatic rings. The van der Waals surface area contributed by atoms with Gasteiger partial charge in [0, 0.05) is 5.69 Å². The van der Waals surface area contributed by atoms with Crippen LogP contribution in [0.5, 0.6) is 5.75 Å². The van der Waals surface area contributed by atoms with Crippen LogP contribution in [0.15, 0.2) is 77.3 Å². The van der Waals surface area contributed by atoms with Crippen molar-refractivity contribution in [3.63, 3.8) is 0 Å². The van der Waals surface area contributed by atoms with Crippen molar-refractivity contribution in [1.82, 2.24) is 14.8 Å². The Labute approximate surface area is 189 Å². The molecule has 0 spiro atoms. The molecule has 0 fully saturated rings. The second-order valence-electron chi connectivity index (χ2n) is 6.83. The van der Waals surface area contributed by atoms with Gasteiger partial charge in [0.15, 0.2) is 11.0 Å². The van der Waals surface area contributed by atoms with Crippen LogP contribution in [-0.2, 0) is 11.3 Å². The molecular formula is C23H22N4O2S2. The first kappa shape index (κ1) is 21.1. The van der Waals surface area contributed by atoms with Crippen LogP contribution >= 0.6 is 23.1 Å². The molecule has 1 atom stereocenters. The van der Waals surface area contributed by atoms with Gasteiger partial charge in [0.05, 0.1) is 23.8 Å². The highest BCUT2D eigenvalue weighted by atomic mass is 32.2. The molecule has 158 valence electrons. The Kier molecular flexibility index (Phi) is 6.69. The molecule has 0 aliphatic heterocycles. The fourth-order valence-corrected chi connectivity index (χ4v) is 4.57. The average Bonchev–Trinajstić information content (AvgIpc) is 3.45. The number of aromatic nitrogens is 3. The molecule has 0 saturated carbocycles. The van der Waals surface area contributed by atoms with Gasteiger partial charge in [0.25, 0.3) is 0 Å². The van der Waals surface area contributed by atoms with Crippen LogP contribution in [0.3, 0.4) is 0 Å². The van der Waals surface area contributed by atoms with Crippen LogP contribution in [0.4, 0.5) is 5.69 Å². The molecule has 2 aromatic heterocycles. The summed E-state index contributed by atoms with van der Waals surface area (Å²) in [6.07, 6.45) is 0. The fraction of sp³-hybridized carbons (Fsp3) is 0.174. The molecular weight excluding hydrogens is 428 g/mol. The van der Waals surface area contributed by atoms with Gasteiger partial charge in [0.1, 0.15) is 5.75 Å². The van der Waals surface area contributed by atoms with Crippen molar-refractivity contribution >= 4 is 34.7 Å². The molecule has 0 aliphatic carbocycles. The van der Waals surface area contributed by atoms with Gasteiger partial charge in [-0.1, -0.05) is 48.2 Å². The number of hydrogen-bond acceptors (Lipinski definition) is 6. The Morgan fingerprint density at radius 3 is 2.55 bits per heavy atom. The maximum atomic E-state index is 12.8. The zero-order valence-corrected chi connectivity index (χ0v) is 18.8. The summed E-state index contributed by atoms with van der Waals surface area (Å²) in [4.78, 5) is 13.8. The minimum atomic E-state index is -0.350. The SMILES string of the molecule is COc1ccc(NC(=O)C(C)Sc2nnc(-c3cccs3)n2Cc2ccccc2)cc1. The number of carbonyl (C=O) groups is 1. The van der Waals surface area contributed by atoms with E-state index in [1.807, 2.05) is 66.9 Å². The van der Waals surface area contributed by atoms with Crippen LogP contribution in [0.1, 0.15) is 12.5 Å². The Balaban J connectivity index is 1.53. The Morgan fingerprint density at radius 2 is 1.87 bits per heavy atom. The fourth-order valence-electron chi connectivity index (χ4n) is 3.00. The predicted octanol–water partition coefficient (Wildman–Crippen LogP) is 5.18. The minimum absolute atomic E-state index is 0.0953. The monoisotopic (exact) mass is 450 g/mol. The molecule has 31 heavy (non-hydrogen) atoms. The van der Waals surface area contributed by atoms with Crippen molar-refractivity contribution in [3.05, 3.63) is 77.7 Å². The van der Waals surface area contributed by atoms with Crippen LogP contribution in [0.2, 0.25) is 0 Å². The molecule has 1 unspecified atom stereocenters. The van der Waals surface area contributed by atoms with Gasteiger partial charge in [-0.15, -0.1) is 21.5 Å². The lowest BCUT2D eigenvalue weighted by Crippen LogP contribution is -2.23. The van der Waals surface area contributed by atoms with E-state index in [-0.39, 0.29) is 11.2 Å². The maximum Gasteiger partial charge on any atom is 0.237 e. The van der Waals surface area contributed by atoms with E-state index >= 15 is 0 Å². The molecule has 1 N–H and O–H groups in total. The summed E-state index contributed by atoms with van der Waals surface area (Å²) in [7, 11) is 1.61. The Bertz CT molecular complexity index is 1130. The number of rotatable bonds is 8. The molecule has 2 heterocycles. The number of nitrogens with zero attached hydrogens (tertiary/aromatic N) is 3. The van der Waals surface area contributed by atoms with Gasteiger partial charge in [-0.3, -0.25) is 9.36 Å². The summed E-state index contributed by atoms with van der Waals surface area (Å²) < 4.78 is 7.23. The number of amides is 1. The summed E-state index contributed by atoms with van der Waals surface area (Å²) in [6, 6.07) is 21.5. The molecule has 0 saturated heterocycles. The van der Waals surface area contributed by atoms with Gasteiger partial charge >= 0.3 is 0 Å². The first-order chi connectivity index (χ1) is 15.1. The topological polar surface area (TPSA) is 69.0 Å². The number of ether oxygens (including phenoxy) is 1. The van der Waals surface area contributed by atoms with Crippen LogP contribution in [0.25, 0.3) is 10.7 Å². The molecule has 0 aliphatic rings. The van der Waals surface area contributed by atoms with Crippen LogP contribution in [0, 0.1) is 0 Å². The van der Waals surface area contributed by atoms with E-state index < -0.39 is 0 Å². The maximum absolute atomic E-state index is 12.8. The predicted molar refractivity (Wildman–Crippen MR) is 126 cm³/mol. The van der Waals surface area contributed by atoms with Crippen molar-refractivity contribution in [2.24, 2.45) is 0 Å². The third kappa shape index (κ3) is 5.15. The summed E-state index contributed by atoms with van der Waals surface area (Å²) in [5.74, 6) is 1.46. The number of hydrogen-bond donors (Lipinski definition) is 1. The molecule has 4 rings (SSSR count). The Hall–Kier alpha value is -3.10. The number of benzene rings is 2. The van der Waals surface area contributed by atoms with E-state index in [4.69, 9.17) is 4.74 Å². The Morgan fingerprint density at radius 1 is 1.10 bits per heavy atom. The first-order valence-corrected chi connectivity index (χ1v) is 11.5. The third-order valence-corrected chi connectivity index (χ3v) is 6.60. The van der Waals surface area contributed by atoms with Gasteiger partial charge in [-0.25, -0.2) is 0 Å². The number of thiophene rings is 1. The molecule has 2 aromatic carbocycles. The zero-order chi connectivity index (χ0) is 21.6. The van der Waals surface area contributed by atoms with Crippen molar-refractivity contribution in [2.75, 3.05) is 12.4 Å². The van der Waals surface area contributed by atoms with Crippen LogP contribution < -0.4 is 10.1 Å². The van der Waals surface area contributed by atoms with E-state index in [0.717, 1.165) is 27.7 Å². The largest absolute Gasteiger partial charge is 0.497 e. The normalized spacial score (nSPS) is 11.8. The molecule has 0 radical (unpaired) electrons. The van der Waals surface area contributed by atoms with Crippen LogP contribution in [-0.4, -0.2) is 33.0 Å². The second-order valence-corrected chi connectivity index (χ2v) is 9.09. The smallest absolute Gasteiger partial charge is 0.237 e. The zero-order valence-electron chi connectivity index (χ0n) is 17.2. The first-order valence-electron chi connectivity index (χ1n) is 9.76. The van der Waals surface area contributed by atoms with Crippen molar-refractivity contribution in [2.45, 2.75) is 23.9 Å². The highest BCUT2D eigenvalue weighted by molar-refractivity contribution is 8.00. The molecule has 0 bridgehead atoms. The van der Waals surface area contributed by atoms with E-state index in [2.05, 4.69) is 32.2 Å². The summed E-state index contributed by atoms with van der Waals surface area (Å²) in [5, 5.41) is 14.2. The number of thioether (sulfide) groups is 1.